The van der Waals surface area contributed by atoms with Crippen LogP contribution >= 0.6 is 0 Å². The van der Waals surface area contributed by atoms with E-state index < -0.39 is 23.4 Å². The first-order valence-electron chi connectivity index (χ1n) is 5.73. The van der Waals surface area contributed by atoms with E-state index in [2.05, 4.69) is 15.2 Å². The van der Waals surface area contributed by atoms with Crippen LogP contribution in [-0.2, 0) is 11.2 Å². The molecule has 0 unspecified atom stereocenters. The van der Waals surface area contributed by atoms with Crippen LogP contribution in [-0.4, -0.2) is 27.8 Å². The zero-order valence-electron chi connectivity index (χ0n) is 10.4. The molecule has 0 atom stereocenters. The summed E-state index contributed by atoms with van der Waals surface area (Å²) in [4.78, 5) is 15.2. The second-order valence-corrected chi connectivity index (χ2v) is 3.88. The van der Waals surface area contributed by atoms with Gasteiger partial charge in [-0.2, -0.15) is 0 Å². The van der Waals surface area contributed by atoms with Crippen molar-refractivity contribution in [3.05, 3.63) is 46.8 Å². The molecule has 0 saturated heterocycles. The molecule has 0 radical (unpaired) electrons. The van der Waals surface area contributed by atoms with Gasteiger partial charge in [-0.3, -0.25) is 5.10 Å². The largest absolute Gasteiger partial charge is 0.460 e. The molecular formula is C12H10F3N3O2. The fraction of sp³-hybridized carbons (Fsp3) is 0.250. The molecule has 0 aliphatic rings. The van der Waals surface area contributed by atoms with Crippen molar-refractivity contribution in [2.75, 3.05) is 6.61 Å². The van der Waals surface area contributed by atoms with Crippen LogP contribution in [0.4, 0.5) is 13.2 Å². The molecule has 2 aromatic rings. The monoisotopic (exact) mass is 285 g/mol. The molecule has 8 heteroatoms. The first-order valence-corrected chi connectivity index (χ1v) is 5.73. The zero-order valence-corrected chi connectivity index (χ0v) is 10.4. The molecule has 1 aromatic heterocycles. The predicted octanol–water partition coefficient (Wildman–Crippen LogP) is 1.99. The van der Waals surface area contributed by atoms with Crippen molar-refractivity contribution >= 4 is 5.97 Å². The Morgan fingerprint density at radius 1 is 1.30 bits per heavy atom. The molecule has 0 saturated carbocycles. The minimum Gasteiger partial charge on any atom is -0.460 e. The Hall–Kier alpha value is -2.38. The van der Waals surface area contributed by atoms with Crippen LogP contribution < -0.4 is 0 Å². The summed E-state index contributed by atoms with van der Waals surface area (Å²) in [6.07, 6.45) is -0.0273. The van der Waals surface area contributed by atoms with Gasteiger partial charge in [-0.05, 0) is 24.6 Å². The molecule has 2 rings (SSSR count). The molecule has 0 spiro atoms. The van der Waals surface area contributed by atoms with Crippen molar-refractivity contribution < 1.29 is 22.7 Å². The number of ether oxygens (including phenoxy) is 1. The number of aromatic amines is 1. The first kappa shape index (κ1) is 14.0. The number of esters is 1. The van der Waals surface area contributed by atoms with Gasteiger partial charge in [0, 0.05) is 6.42 Å². The van der Waals surface area contributed by atoms with Crippen LogP contribution in [0.2, 0.25) is 0 Å². The van der Waals surface area contributed by atoms with Gasteiger partial charge in [0.25, 0.3) is 5.82 Å². The molecule has 1 heterocycles. The quantitative estimate of drug-likeness (QED) is 0.689. The fourth-order valence-electron chi connectivity index (χ4n) is 1.56. The highest BCUT2D eigenvalue weighted by Crippen LogP contribution is 2.15. The van der Waals surface area contributed by atoms with E-state index in [-0.39, 0.29) is 30.2 Å². The molecule has 5 nitrogen and oxygen atoms in total. The van der Waals surface area contributed by atoms with Crippen LogP contribution in [0.25, 0.3) is 0 Å². The number of hydrogen-bond donors (Lipinski definition) is 1. The van der Waals surface area contributed by atoms with Gasteiger partial charge >= 0.3 is 5.97 Å². The summed E-state index contributed by atoms with van der Waals surface area (Å²) in [5.41, 5.74) is 0.160. The molecule has 20 heavy (non-hydrogen) atoms. The lowest BCUT2D eigenvalue weighted by molar-refractivity contribution is 0.0512. The van der Waals surface area contributed by atoms with Crippen LogP contribution in [0.1, 0.15) is 28.9 Å². The Labute approximate surface area is 111 Å². The Balaban J connectivity index is 2.17. The molecule has 0 fully saturated rings. The van der Waals surface area contributed by atoms with E-state index in [1.165, 1.54) is 0 Å². The number of hydrogen-bond acceptors (Lipinski definition) is 4. The van der Waals surface area contributed by atoms with Gasteiger partial charge in [0.1, 0.15) is 5.82 Å². The van der Waals surface area contributed by atoms with Crippen LogP contribution in [0, 0.1) is 17.5 Å². The topological polar surface area (TPSA) is 67.9 Å². The highest BCUT2D eigenvalue weighted by Gasteiger charge is 2.15. The number of H-pyrrole nitrogens is 1. The summed E-state index contributed by atoms with van der Waals surface area (Å²) >= 11 is 0. The third kappa shape index (κ3) is 2.95. The molecular weight excluding hydrogens is 275 g/mol. The summed E-state index contributed by atoms with van der Waals surface area (Å²) in [6.45, 7) is 1.81. The average molecular weight is 285 g/mol. The van der Waals surface area contributed by atoms with Crippen molar-refractivity contribution in [2.24, 2.45) is 0 Å². The Bertz CT molecular complexity index is 620. The summed E-state index contributed by atoms with van der Waals surface area (Å²) in [5, 5.41) is 6.07. The van der Waals surface area contributed by atoms with Gasteiger partial charge in [0.2, 0.25) is 0 Å². The van der Waals surface area contributed by atoms with Crippen molar-refractivity contribution in [1.82, 2.24) is 15.2 Å². The molecule has 1 aromatic carbocycles. The number of benzene rings is 1. The van der Waals surface area contributed by atoms with Gasteiger partial charge in [-0.1, -0.05) is 0 Å². The van der Waals surface area contributed by atoms with E-state index in [4.69, 9.17) is 4.74 Å². The van der Waals surface area contributed by atoms with E-state index in [0.717, 1.165) is 12.1 Å². The van der Waals surface area contributed by atoms with E-state index in [0.29, 0.717) is 0 Å². The second-order valence-electron chi connectivity index (χ2n) is 3.88. The van der Waals surface area contributed by atoms with Crippen LogP contribution in [0.5, 0.6) is 0 Å². The van der Waals surface area contributed by atoms with E-state index in [1.54, 1.807) is 6.92 Å². The molecule has 1 N–H and O–H groups in total. The fourth-order valence-corrected chi connectivity index (χ4v) is 1.56. The highest BCUT2D eigenvalue weighted by molar-refractivity contribution is 5.84. The Morgan fingerprint density at radius 3 is 2.55 bits per heavy atom. The number of nitrogens with zero attached hydrogens (tertiary/aromatic N) is 2. The number of nitrogens with one attached hydrogen (secondary N) is 1. The number of aromatic nitrogens is 3. The lowest BCUT2D eigenvalue weighted by atomic mass is 10.1. The third-order valence-electron chi connectivity index (χ3n) is 2.40. The van der Waals surface area contributed by atoms with Crippen LogP contribution in [0.3, 0.4) is 0 Å². The van der Waals surface area contributed by atoms with Crippen LogP contribution in [0.15, 0.2) is 12.1 Å². The molecule has 106 valence electrons. The maximum absolute atomic E-state index is 13.0. The standard InChI is InChI=1S/C12H10F3N3O2/c1-2-20-12(19)11-16-9(17-18-11)5-6-3-7(13)10(15)8(14)4-6/h3-4H,2,5H2,1H3,(H,16,17,18). The second kappa shape index (κ2) is 5.72. The highest BCUT2D eigenvalue weighted by atomic mass is 19.2. The number of halogens is 3. The number of carbonyl (C=O) groups excluding carboxylic acids is 1. The molecule has 0 aliphatic heterocycles. The summed E-state index contributed by atoms with van der Waals surface area (Å²) in [5.74, 6) is -4.77. The summed E-state index contributed by atoms with van der Waals surface area (Å²) < 4.78 is 43.6. The SMILES string of the molecule is CCOC(=O)c1n[nH]c(Cc2cc(F)c(F)c(F)c2)n1. The molecule has 0 bridgehead atoms. The summed E-state index contributed by atoms with van der Waals surface area (Å²) in [6, 6.07) is 1.70. The van der Waals surface area contributed by atoms with E-state index in [9.17, 15) is 18.0 Å². The lowest BCUT2D eigenvalue weighted by Gasteiger charge is -2.00. The first-order chi connectivity index (χ1) is 9.51. The van der Waals surface area contributed by atoms with Gasteiger partial charge in [0.05, 0.1) is 6.61 Å². The minimum atomic E-state index is -1.53. The zero-order chi connectivity index (χ0) is 14.7. The van der Waals surface area contributed by atoms with Gasteiger partial charge in [-0.25, -0.2) is 22.9 Å². The van der Waals surface area contributed by atoms with E-state index in [1.807, 2.05) is 0 Å². The number of rotatable bonds is 4. The van der Waals surface area contributed by atoms with Crippen molar-refractivity contribution in [3.8, 4) is 0 Å². The Morgan fingerprint density at radius 2 is 1.95 bits per heavy atom. The van der Waals surface area contributed by atoms with Crippen molar-refractivity contribution in [1.29, 1.82) is 0 Å². The third-order valence-corrected chi connectivity index (χ3v) is 2.40. The van der Waals surface area contributed by atoms with Crippen molar-refractivity contribution in [2.45, 2.75) is 13.3 Å². The minimum absolute atomic E-state index is 0.0273. The average Bonchev–Trinajstić information content (AvgIpc) is 2.85. The molecule has 0 amide bonds. The smallest absolute Gasteiger partial charge is 0.378 e. The molecule has 0 aliphatic carbocycles. The Kier molecular flexibility index (Phi) is 4.02. The van der Waals surface area contributed by atoms with Gasteiger partial charge < -0.3 is 4.74 Å². The van der Waals surface area contributed by atoms with Gasteiger partial charge in [0.15, 0.2) is 17.5 Å². The van der Waals surface area contributed by atoms with Gasteiger partial charge in [-0.15, -0.1) is 5.10 Å². The normalized spacial score (nSPS) is 10.6. The lowest BCUT2D eigenvalue weighted by Crippen LogP contribution is -2.06. The predicted molar refractivity (Wildman–Crippen MR) is 61.5 cm³/mol. The maximum Gasteiger partial charge on any atom is 0.378 e. The van der Waals surface area contributed by atoms with Crippen molar-refractivity contribution in [3.63, 3.8) is 0 Å². The number of carbonyl (C=O) groups is 1. The summed E-state index contributed by atoms with van der Waals surface area (Å²) in [7, 11) is 0. The maximum atomic E-state index is 13.0. The van der Waals surface area contributed by atoms with E-state index >= 15 is 0 Å².